The molecule has 0 aliphatic carbocycles. The number of carbonyl (C=O) groups is 1. The number of nitrogens with zero attached hydrogens (tertiary/aromatic N) is 1. The van der Waals surface area contributed by atoms with Crippen molar-refractivity contribution in [2.24, 2.45) is 0 Å². The van der Waals surface area contributed by atoms with Crippen molar-refractivity contribution in [3.05, 3.63) is 88.5 Å². The van der Waals surface area contributed by atoms with E-state index >= 15 is 0 Å². The lowest BCUT2D eigenvalue weighted by atomic mass is 10.1. The summed E-state index contributed by atoms with van der Waals surface area (Å²) in [5.74, 6) is 1.04. The van der Waals surface area contributed by atoms with E-state index in [4.69, 9.17) is 9.47 Å². The van der Waals surface area contributed by atoms with Crippen LogP contribution < -0.4 is 14.8 Å². The molecule has 0 spiro atoms. The number of anilines is 1. The van der Waals surface area contributed by atoms with E-state index in [1.165, 1.54) is 28.5 Å². The van der Waals surface area contributed by atoms with Crippen molar-refractivity contribution < 1.29 is 14.3 Å². The van der Waals surface area contributed by atoms with Crippen LogP contribution in [0.3, 0.4) is 0 Å². The molecule has 0 aliphatic heterocycles. The minimum absolute atomic E-state index is 0.234. The number of amides is 1. The Bertz CT molecular complexity index is 1340. The molecule has 4 rings (SSSR count). The molecule has 6 heteroatoms. The van der Waals surface area contributed by atoms with Crippen LogP contribution in [0.2, 0.25) is 0 Å². The molecule has 1 amide bonds. The van der Waals surface area contributed by atoms with Crippen molar-refractivity contribution in [1.29, 1.82) is 0 Å². The van der Waals surface area contributed by atoms with Gasteiger partial charge in [0.1, 0.15) is 6.61 Å². The van der Waals surface area contributed by atoms with Crippen LogP contribution in [0.15, 0.2) is 60.7 Å². The second-order valence-corrected chi connectivity index (χ2v) is 8.93. The van der Waals surface area contributed by atoms with Crippen molar-refractivity contribution in [2.45, 2.75) is 27.4 Å². The highest BCUT2D eigenvalue weighted by Gasteiger charge is 2.10. The Morgan fingerprint density at radius 1 is 1.03 bits per heavy atom. The summed E-state index contributed by atoms with van der Waals surface area (Å²) in [7, 11) is 1.60. The van der Waals surface area contributed by atoms with Crippen LogP contribution in [-0.4, -0.2) is 18.0 Å². The van der Waals surface area contributed by atoms with Gasteiger partial charge in [-0.05, 0) is 72.9 Å². The van der Waals surface area contributed by atoms with Crippen LogP contribution in [0, 0.1) is 20.8 Å². The van der Waals surface area contributed by atoms with Gasteiger partial charge in [0.05, 0.1) is 17.3 Å². The molecule has 0 fully saturated rings. The minimum Gasteiger partial charge on any atom is -0.493 e. The highest BCUT2D eigenvalue weighted by Crippen LogP contribution is 2.31. The van der Waals surface area contributed by atoms with E-state index in [-0.39, 0.29) is 5.91 Å². The lowest BCUT2D eigenvalue weighted by molar-refractivity contribution is -0.111. The van der Waals surface area contributed by atoms with Crippen LogP contribution >= 0.6 is 11.3 Å². The number of ether oxygens (including phenoxy) is 2. The number of rotatable bonds is 7. The molecule has 3 aromatic carbocycles. The Hall–Kier alpha value is -3.64. The summed E-state index contributed by atoms with van der Waals surface area (Å²) in [5.41, 5.74) is 6.36. The topological polar surface area (TPSA) is 60.5 Å². The number of carbonyl (C=O) groups excluding carboxylic acids is 1. The maximum atomic E-state index is 12.4. The Morgan fingerprint density at radius 2 is 1.85 bits per heavy atom. The van der Waals surface area contributed by atoms with E-state index in [0.29, 0.717) is 23.2 Å². The first kappa shape index (κ1) is 22.6. The Balaban J connectivity index is 1.42. The molecule has 0 bridgehead atoms. The van der Waals surface area contributed by atoms with Gasteiger partial charge in [0.15, 0.2) is 16.6 Å². The van der Waals surface area contributed by atoms with Gasteiger partial charge in [-0.1, -0.05) is 47.7 Å². The van der Waals surface area contributed by atoms with E-state index in [2.05, 4.69) is 42.3 Å². The lowest BCUT2D eigenvalue weighted by Gasteiger charge is -2.12. The number of thiazole rings is 1. The molecule has 0 saturated heterocycles. The summed E-state index contributed by atoms with van der Waals surface area (Å²) < 4.78 is 12.5. The first-order valence-electron chi connectivity index (χ1n) is 10.6. The molecule has 5 nitrogen and oxygen atoms in total. The number of hydrogen-bond acceptors (Lipinski definition) is 5. The van der Waals surface area contributed by atoms with Crippen LogP contribution in [0.1, 0.15) is 27.8 Å². The zero-order chi connectivity index (χ0) is 23.4. The molecule has 168 valence electrons. The molecular weight excluding hydrogens is 432 g/mol. The van der Waals surface area contributed by atoms with E-state index < -0.39 is 0 Å². The number of methoxy groups -OCH3 is 1. The van der Waals surface area contributed by atoms with Gasteiger partial charge in [0.2, 0.25) is 5.91 Å². The maximum absolute atomic E-state index is 12.4. The molecule has 33 heavy (non-hydrogen) atoms. The number of benzene rings is 3. The van der Waals surface area contributed by atoms with Crippen LogP contribution in [0.5, 0.6) is 11.5 Å². The quantitative estimate of drug-likeness (QED) is 0.323. The normalized spacial score (nSPS) is 11.2. The molecule has 0 saturated carbocycles. The van der Waals surface area contributed by atoms with Gasteiger partial charge in [-0.25, -0.2) is 4.98 Å². The van der Waals surface area contributed by atoms with Gasteiger partial charge in [-0.2, -0.15) is 0 Å². The molecule has 1 N–H and O–H groups in total. The molecule has 0 unspecified atom stereocenters. The van der Waals surface area contributed by atoms with Crippen molar-refractivity contribution in [3.63, 3.8) is 0 Å². The Morgan fingerprint density at radius 3 is 2.64 bits per heavy atom. The number of hydrogen-bond donors (Lipinski definition) is 1. The Kier molecular flexibility index (Phi) is 6.75. The minimum atomic E-state index is -0.234. The fraction of sp³-hybridized carbons (Fsp3) is 0.185. The third-order valence-electron chi connectivity index (χ3n) is 5.32. The van der Waals surface area contributed by atoms with Gasteiger partial charge in [-0.3, -0.25) is 10.1 Å². The van der Waals surface area contributed by atoms with Crippen LogP contribution in [0.25, 0.3) is 16.3 Å². The van der Waals surface area contributed by atoms with Crippen molar-refractivity contribution in [1.82, 2.24) is 4.98 Å². The second kappa shape index (κ2) is 9.88. The number of aromatic nitrogens is 1. The molecule has 0 aliphatic rings. The van der Waals surface area contributed by atoms with E-state index in [9.17, 15) is 4.79 Å². The molecule has 0 atom stereocenters. The van der Waals surface area contributed by atoms with Gasteiger partial charge in [-0.15, -0.1) is 0 Å². The van der Waals surface area contributed by atoms with E-state index in [1.807, 2.05) is 43.3 Å². The number of aryl methyl sites for hydroxylation is 3. The molecule has 4 aromatic rings. The van der Waals surface area contributed by atoms with E-state index in [1.54, 1.807) is 13.2 Å². The van der Waals surface area contributed by atoms with E-state index in [0.717, 1.165) is 26.9 Å². The first-order valence-corrected chi connectivity index (χ1v) is 11.5. The summed E-state index contributed by atoms with van der Waals surface area (Å²) in [6, 6.07) is 17.9. The third kappa shape index (κ3) is 5.41. The average molecular weight is 459 g/mol. The number of nitrogens with one attached hydrogen (secondary N) is 1. The smallest absolute Gasteiger partial charge is 0.250 e. The first-order chi connectivity index (χ1) is 15.9. The predicted octanol–water partition coefficient (Wildman–Crippen LogP) is 6.46. The molecule has 0 radical (unpaired) electrons. The van der Waals surface area contributed by atoms with Crippen molar-refractivity contribution in [3.8, 4) is 11.5 Å². The monoisotopic (exact) mass is 458 g/mol. The second-order valence-electron chi connectivity index (χ2n) is 7.90. The van der Waals surface area contributed by atoms with Gasteiger partial charge >= 0.3 is 0 Å². The molecular formula is C27H26N2O3S. The Labute approximate surface area is 197 Å². The zero-order valence-electron chi connectivity index (χ0n) is 19.1. The summed E-state index contributed by atoms with van der Waals surface area (Å²) in [6.07, 6.45) is 3.23. The van der Waals surface area contributed by atoms with Gasteiger partial charge < -0.3 is 9.47 Å². The maximum Gasteiger partial charge on any atom is 0.250 e. The summed E-state index contributed by atoms with van der Waals surface area (Å²) in [4.78, 5) is 17.0. The van der Waals surface area contributed by atoms with Gasteiger partial charge in [0.25, 0.3) is 0 Å². The van der Waals surface area contributed by atoms with Crippen LogP contribution in [-0.2, 0) is 11.4 Å². The summed E-state index contributed by atoms with van der Waals surface area (Å²) in [5, 5.41) is 3.45. The van der Waals surface area contributed by atoms with Crippen molar-refractivity contribution in [2.75, 3.05) is 12.4 Å². The zero-order valence-corrected chi connectivity index (χ0v) is 20.0. The number of fused-ring (bicyclic) bond motifs is 1. The highest BCUT2D eigenvalue weighted by molar-refractivity contribution is 7.22. The van der Waals surface area contributed by atoms with Crippen LogP contribution in [0.4, 0.5) is 5.13 Å². The lowest BCUT2D eigenvalue weighted by Crippen LogP contribution is -2.07. The fourth-order valence-electron chi connectivity index (χ4n) is 3.58. The summed E-state index contributed by atoms with van der Waals surface area (Å²) in [6.45, 7) is 6.61. The highest BCUT2D eigenvalue weighted by atomic mass is 32.1. The fourth-order valence-corrected chi connectivity index (χ4v) is 4.62. The summed E-state index contributed by atoms with van der Waals surface area (Å²) >= 11 is 1.47. The predicted molar refractivity (Wildman–Crippen MR) is 135 cm³/mol. The third-order valence-corrected chi connectivity index (χ3v) is 6.24. The SMILES string of the molecule is COc1cc(/C=C/C(=O)Nc2nc3c(C)cc(C)cc3s2)ccc1OCc1ccccc1C. The molecule has 1 heterocycles. The molecule has 1 aromatic heterocycles. The largest absolute Gasteiger partial charge is 0.493 e. The standard InChI is InChI=1S/C27H26N2O3S/c1-17-13-19(3)26-24(14-17)33-27(29-26)28-25(30)12-10-20-9-11-22(23(15-20)31-4)32-16-21-8-6-5-7-18(21)2/h5-15H,16H2,1-4H3,(H,28,29,30)/b12-10+. The average Bonchev–Trinajstić information content (AvgIpc) is 3.20. The van der Waals surface area contributed by atoms with Crippen molar-refractivity contribution >= 4 is 38.7 Å². The van der Waals surface area contributed by atoms with Gasteiger partial charge in [0, 0.05) is 6.08 Å².